The van der Waals surface area contributed by atoms with Crippen LogP contribution in [0.25, 0.3) is 10.2 Å². The number of H-pyrrole nitrogens is 1. The first kappa shape index (κ1) is 14.8. The van der Waals surface area contributed by atoms with Crippen LogP contribution in [0.2, 0.25) is 0 Å². The van der Waals surface area contributed by atoms with Crippen molar-refractivity contribution in [3.8, 4) is 0 Å². The molecule has 6 heteroatoms. The zero-order valence-corrected chi connectivity index (χ0v) is 15.0. The van der Waals surface area contributed by atoms with E-state index in [2.05, 4.69) is 27.4 Å². The molecule has 1 atom stereocenters. The summed E-state index contributed by atoms with van der Waals surface area (Å²) in [5.74, 6) is 0.816. The molecule has 24 heavy (non-hydrogen) atoms. The number of fused-ring (bicyclic) bond motifs is 3. The fraction of sp³-hybridized carbons (Fsp3) is 0.444. The summed E-state index contributed by atoms with van der Waals surface area (Å²) < 4.78 is 0. The maximum absolute atomic E-state index is 12.6. The Morgan fingerprint density at radius 3 is 3.17 bits per heavy atom. The lowest BCUT2D eigenvalue weighted by molar-refractivity contribution is 0.245. The summed E-state index contributed by atoms with van der Waals surface area (Å²) in [6, 6.07) is 4.81. The Morgan fingerprint density at radius 2 is 2.29 bits per heavy atom. The minimum Gasteiger partial charge on any atom is -0.309 e. The maximum Gasteiger partial charge on any atom is 0.259 e. The van der Waals surface area contributed by atoms with Crippen LogP contribution in [-0.4, -0.2) is 21.4 Å². The molecule has 0 spiro atoms. The van der Waals surface area contributed by atoms with Crippen molar-refractivity contribution in [2.24, 2.45) is 0 Å². The molecule has 1 aliphatic heterocycles. The molecule has 1 unspecified atom stereocenters. The molecule has 2 aliphatic rings. The number of rotatable bonds is 3. The molecule has 1 N–H and O–H groups in total. The highest BCUT2D eigenvalue weighted by molar-refractivity contribution is 7.18. The standard InChI is InChI=1S/C18H19N3OS2/c22-17-16-11-4-1-6-13(11)24-18(16)20-15(19-17)10-21-8-2-5-12(21)14-7-3-9-23-14/h3,7,9,12H,1-2,4-6,8,10H2,(H,19,20,22). The van der Waals surface area contributed by atoms with Crippen molar-refractivity contribution in [3.63, 3.8) is 0 Å². The number of hydrogen-bond acceptors (Lipinski definition) is 5. The van der Waals surface area contributed by atoms with E-state index in [1.54, 1.807) is 11.3 Å². The van der Waals surface area contributed by atoms with Crippen molar-refractivity contribution in [1.82, 2.24) is 14.9 Å². The Bertz CT molecular complexity index is 941. The molecule has 4 heterocycles. The van der Waals surface area contributed by atoms with Crippen LogP contribution in [0.4, 0.5) is 0 Å². The Kier molecular flexibility index (Phi) is 3.57. The number of aromatic nitrogens is 2. The van der Waals surface area contributed by atoms with Gasteiger partial charge in [0.1, 0.15) is 10.7 Å². The van der Waals surface area contributed by atoms with Crippen LogP contribution in [0.15, 0.2) is 22.3 Å². The quantitative estimate of drug-likeness (QED) is 0.774. The van der Waals surface area contributed by atoms with Gasteiger partial charge in [0, 0.05) is 15.8 Å². The number of nitrogens with one attached hydrogen (secondary N) is 1. The molecular weight excluding hydrogens is 338 g/mol. The first-order chi connectivity index (χ1) is 11.8. The largest absolute Gasteiger partial charge is 0.309 e. The van der Waals surface area contributed by atoms with Crippen molar-refractivity contribution in [1.29, 1.82) is 0 Å². The van der Waals surface area contributed by atoms with E-state index in [0.29, 0.717) is 6.04 Å². The summed E-state index contributed by atoms with van der Waals surface area (Å²) in [7, 11) is 0. The smallest absolute Gasteiger partial charge is 0.259 e. The molecule has 3 aromatic rings. The fourth-order valence-corrected chi connectivity index (χ4v) is 6.31. The molecule has 1 saturated heterocycles. The highest BCUT2D eigenvalue weighted by atomic mass is 32.1. The lowest BCUT2D eigenvalue weighted by atomic mass is 10.2. The Balaban J connectivity index is 1.48. The lowest BCUT2D eigenvalue weighted by Gasteiger charge is -2.22. The fourth-order valence-electron chi connectivity index (χ4n) is 4.13. The molecule has 1 fully saturated rings. The molecule has 0 bridgehead atoms. The Labute approximate surface area is 148 Å². The normalized spacial score (nSPS) is 20.9. The van der Waals surface area contributed by atoms with Gasteiger partial charge in [-0.1, -0.05) is 6.07 Å². The zero-order chi connectivity index (χ0) is 16.1. The van der Waals surface area contributed by atoms with Crippen molar-refractivity contribution < 1.29 is 0 Å². The van der Waals surface area contributed by atoms with Crippen molar-refractivity contribution >= 4 is 32.9 Å². The van der Waals surface area contributed by atoms with Gasteiger partial charge in [0.25, 0.3) is 5.56 Å². The number of aromatic amines is 1. The second kappa shape index (κ2) is 5.79. The molecule has 0 saturated carbocycles. The monoisotopic (exact) mass is 357 g/mol. The van der Waals surface area contributed by atoms with Crippen LogP contribution >= 0.6 is 22.7 Å². The summed E-state index contributed by atoms with van der Waals surface area (Å²) in [6.45, 7) is 1.81. The molecule has 0 amide bonds. The second-order valence-electron chi connectivity index (χ2n) is 6.69. The van der Waals surface area contributed by atoms with E-state index >= 15 is 0 Å². The van der Waals surface area contributed by atoms with E-state index in [-0.39, 0.29) is 5.56 Å². The number of thiophene rings is 2. The lowest BCUT2D eigenvalue weighted by Crippen LogP contribution is -2.25. The van der Waals surface area contributed by atoms with Crippen LogP contribution in [0.3, 0.4) is 0 Å². The first-order valence-electron chi connectivity index (χ1n) is 8.60. The summed E-state index contributed by atoms with van der Waals surface area (Å²) >= 11 is 3.55. The first-order valence-corrected chi connectivity index (χ1v) is 10.3. The highest BCUT2D eigenvalue weighted by Gasteiger charge is 2.28. The Hall–Kier alpha value is -1.50. The topological polar surface area (TPSA) is 49.0 Å². The molecule has 3 aromatic heterocycles. The minimum absolute atomic E-state index is 0.0567. The van der Waals surface area contributed by atoms with Gasteiger partial charge in [-0.25, -0.2) is 4.98 Å². The summed E-state index contributed by atoms with van der Waals surface area (Å²) in [6.07, 6.45) is 5.72. The predicted molar refractivity (Wildman–Crippen MR) is 99.0 cm³/mol. The third-order valence-corrected chi connectivity index (χ3v) is 7.37. The van der Waals surface area contributed by atoms with Gasteiger partial charge < -0.3 is 4.98 Å². The van der Waals surface area contributed by atoms with E-state index in [9.17, 15) is 4.79 Å². The summed E-state index contributed by atoms with van der Waals surface area (Å²) in [5.41, 5.74) is 1.31. The van der Waals surface area contributed by atoms with E-state index in [1.807, 2.05) is 11.3 Å². The second-order valence-corrected chi connectivity index (χ2v) is 8.76. The minimum atomic E-state index is 0.0567. The SMILES string of the molecule is O=c1[nH]c(CN2CCCC2c2cccs2)nc2sc3c(c12)CCC3. The number of nitrogens with zero attached hydrogens (tertiary/aromatic N) is 2. The molecule has 4 nitrogen and oxygen atoms in total. The van der Waals surface area contributed by atoms with Crippen LogP contribution in [0.1, 0.15) is 46.4 Å². The van der Waals surface area contributed by atoms with Crippen LogP contribution < -0.4 is 5.56 Å². The van der Waals surface area contributed by atoms with E-state index in [4.69, 9.17) is 4.98 Å². The summed E-state index contributed by atoms with van der Waals surface area (Å²) in [4.78, 5) is 26.6. The van der Waals surface area contributed by atoms with Crippen LogP contribution in [-0.2, 0) is 19.4 Å². The van der Waals surface area contributed by atoms with E-state index in [0.717, 1.165) is 42.0 Å². The third kappa shape index (κ3) is 2.36. The Morgan fingerprint density at radius 1 is 1.33 bits per heavy atom. The molecule has 5 rings (SSSR count). The number of likely N-dealkylation sites (tertiary alicyclic amines) is 1. The van der Waals surface area contributed by atoms with Crippen molar-refractivity contribution in [3.05, 3.63) is 49.0 Å². The van der Waals surface area contributed by atoms with Gasteiger partial charge in [-0.2, -0.15) is 0 Å². The van der Waals surface area contributed by atoms with Crippen LogP contribution in [0, 0.1) is 0 Å². The summed E-state index contributed by atoms with van der Waals surface area (Å²) in [5, 5.41) is 3.00. The number of hydrogen-bond donors (Lipinski definition) is 1. The van der Waals surface area contributed by atoms with Gasteiger partial charge in [0.05, 0.1) is 11.9 Å². The number of aryl methyl sites for hydroxylation is 2. The third-order valence-electron chi connectivity index (χ3n) is 5.21. The maximum atomic E-state index is 12.6. The van der Waals surface area contributed by atoms with Gasteiger partial charge in [-0.15, -0.1) is 22.7 Å². The predicted octanol–water partition coefficient (Wildman–Crippen LogP) is 3.87. The average molecular weight is 358 g/mol. The van der Waals surface area contributed by atoms with E-state index < -0.39 is 0 Å². The molecule has 124 valence electrons. The molecule has 0 aromatic carbocycles. The zero-order valence-electron chi connectivity index (χ0n) is 13.4. The van der Waals surface area contributed by atoms with Gasteiger partial charge in [-0.05, 0) is 55.7 Å². The van der Waals surface area contributed by atoms with Crippen molar-refractivity contribution in [2.75, 3.05) is 6.54 Å². The highest BCUT2D eigenvalue weighted by Crippen LogP contribution is 2.36. The van der Waals surface area contributed by atoms with Gasteiger partial charge >= 0.3 is 0 Å². The van der Waals surface area contributed by atoms with Crippen molar-refractivity contribution in [2.45, 2.75) is 44.7 Å². The van der Waals surface area contributed by atoms with Gasteiger partial charge in [-0.3, -0.25) is 9.69 Å². The van der Waals surface area contributed by atoms with Gasteiger partial charge in [0.15, 0.2) is 0 Å². The van der Waals surface area contributed by atoms with E-state index in [1.165, 1.54) is 34.6 Å². The molecular formula is C18H19N3OS2. The van der Waals surface area contributed by atoms with Crippen LogP contribution in [0.5, 0.6) is 0 Å². The van der Waals surface area contributed by atoms with Gasteiger partial charge in [0.2, 0.25) is 0 Å². The molecule has 0 radical (unpaired) electrons. The molecule has 1 aliphatic carbocycles. The average Bonchev–Trinajstić information content (AvgIpc) is 3.30.